The van der Waals surface area contributed by atoms with Crippen LogP contribution in [0.1, 0.15) is 6.23 Å². The van der Waals surface area contributed by atoms with E-state index in [1.807, 2.05) is 0 Å². The highest BCUT2D eigenvalue weighted by Crippen LogP contribution is 2.37. The normalized spacial score (nSPS) is 29.5. The lowest BCUT2D eigenvalue weighted by molar-refractivity contribution is -0.355. The highest BCUT2D eigenvalue weighted by Gasteiger charge is 2.39. The van der Waals surface area contributed by atoms with Crippen molar-refractivity contribution < 1.29 is 38.6 Å². The van der Waals surface area contributed by atoms with Gasteiger partial charge in [-0.1, -0.05) is 0 Å². The molecule has 0 saturated carbocycles. The van der Waals surface area contributed by atoms with Crippen molar-refractivity contribution >= 4 is 13.6 Å². The predicted molar refractivity (Wildman–Crippen MR) is 67.9 cm³/mol. The quantitative estimate of drug-likeness (QED) is 0.364. The molecule has 1 fully saturated rings. The summed E-state index contributed by atoms with van der Waals surface area (Å²) in [6.45, 7) is -0.730. The first-order valence-electron chi connectivity index (χ1n) is 5.89. The minimum atomic E-state index is -4.79. The number of anilines is 1. The first kappa shape index (κ1) is 17.0. The average Bonchev–Trinajstić information content (AvgIpc) is 2.38. The zero-order chi connectivity index (χ0) is 16.5. The summed E-state index contributed by atoms with van der Waals surface area (Å²) in [5.41, 5.74) is 4.48. The van der Waals surface area contributed by atoms with Crippen LogP contribution in [0.3, 0.4) is 0 Å². The number of aromatic nitrogens is 2. The first-order chi connectivity index (χ1) is 10.2. The summed E-state index contributed by atoms with van der Waals surface area (Å²) in [7, 11) is -4.79. The molecule has 1 saturated heterocycles. The van der Waals surface area contributed by atoms with Crippen LogP contribution in [0, 0.1) is 0 Å². The molecule has 0 aliphatic carbocycles. The summed E-state index contributed by atoms with van der Waals surface area (Å²) in [4.78, 5) is 32.4. The average molecular weight is 339 g/mol. The molecule has 0 aromatic carbocycles. The number of rotatable bonds is 4. The van der Waals surface area contributed by atoms with Crippen molar-refractivity contribution in [2.24, 2.45) is 0 Å². The third-order valence-electron chi connectivity index (χ3n) is 2.69. The van der Waals surface area contributed by atoms with E-state index in [0.717, 1.165) is 4.57 Å². The van der Waals surface area contributed by atoms with Gasteiger partial charge in [-0.3, -0.25) is 9.09 Å². The van der Waals surface area contributed by atoms with Gasteiger partial charge in [0.25, 0.3) is 0 Å². The van der Waals surface area contributed by atoms with Crippen molar-refractivity contribution in [3.05, 3.63) is 22.7 Å². The van der Waals surface area contributed by atoms with E-state index in [0.29, 0.717) is 0 Å². The van der Waals surface area contributed by atoms with E-state index in [4.69, 9.17) is 25.0 Å². The van der Waals surface area contributed by atoms with Gasteiger partial charge >= 0.3 is 13.5 Å². The molecule has 0 radical (unpaired) electrons. The van der Waals surface area contributed by atoms with Gasteiger partial charge in [0, 0.05) is 6.20 Å². The summed E-state index contributed by atoms with van der Waals surface area (Å²) in [6.07, 6.45) is -5.01. The van der Waals surface area contributed by atoms with Gasteiger partial charge < -0.3 is 35.2 Å². The number of phosphoric acid groups is 1. The lowest BCUT2D eigenvalue weighted by Crippen LogP contribution is -2.50. The van der Waals surface area contributed by atoms with Gasteiger partial charge in [-0.2, -0.15) is 4.98 Å². The highest BCUT2D eigenvalue weighted by atomic mass is 31.2. The minimum Gasteiger partial charge on any atom is -0.383 e. The molecular weight excluding hydrogens is 325 g/mol. The standard InChI is InChI=1S/C9H14N3O9P/c10-5-1-2-12(9(15)11-5)6-8(14)21-7(13)4(20-6)3-19-22(16,17)18/h1-2,4,6-8,13-14H,3H2,(H2,10,11,15)(H2,16,17,18). The Balaban J connectivity index is 2.17. The second-order valence-electron chi connectivity index (χ2n) is 4.31. The first-order valence-corrected chi connectivity index (χ1v) is 7.42. The van der Waals surface area contributed by atoms with Gasteiger partial charge in [-0.15, -0.1) is 0 Å². The molecule has 4 atom stereocenters. The lowest BCUT2D eigenvalue weighted by atomic mass is 10.3. The van der Waals surface area contributed by atoms with E-state index >= 15 is 0 Å². The molecule has 13 heteroatoms. The van der Waals surface area contributed by atoms with Crippen molar-refractivity contribution in [1.82, 2.24) is 9.55 Å². The van der Waals surface area contributed by atoms with Gasteiger partial charge in [-0.05, 0) is 6.07 Å². The maximum Gasteiger partial charge on any atom is 0.469 e. The largest absolute Gasteiger partial charge is 0.469 e. The van der Waals surface area contributed by atoms with Crippen LogP contribution in [0.4, 0.5) is 5.82 Å². The number of hydrogen-bond donors (Lipinski definition) is 5. The van der Waals surface area contributed by atoms with Crippen LogP contribution in [-0.4, -0.2) is 54.8 Å². The van der Waals surface area contributed by atoms with Crippen LogP contribution in [0.15, 0.2) is 17.1 Å². The van der Waals surface area contributed by atoms with Gasteiger partial charge in [0.1, 0.15) is 11.9 Å². The molecule has 0 spiro atoms. The minimum absolute atomic E-state index is 0.0473. The van der Waals surface area contributed by atoms with E-state index in [2.05, 4.69) is 9.51 Å². The van der Waals surface area contributed by atoms with E-state index in [-0.39, 0.29) is 5.82 Å². The number of aliphatic hydroxyl groups is 2. The third-order valence-corrected chi connectivity index (χ3v) is 3.17. The summed E-state index contributed by atoms with van der Waals surface area (Å²) in [6, 6.07) is 1.27. The molecule has 1 aromatic heterocycles. The van der Waals surface area contributed by atoms with E-state index in [9.17, 15) is 19.6 Å². The molecule has 22 heavy (non-hydrogen) atoms. The van der Waals surface area contributed by atoms with Gasteiger partial charge in [0.15, 0.2) is 12.5 Å². The zero-order valence-corrected chi connectivity index (χ0v) is 11.8. The molecule has 12 nitrogen and oxygen atoms in total. The van der Waals surface area contributed by atoms with Crippen LogP contribution in [0.25, 0.3) is 0 Å². The molecule has 2 rings (SSSR count). The number of ether oxygens (including phenoxy) is 2. The third kappa shape index (κ3) is 4.09. The highest BCUT2D eigenvalue weighted by molar-refractivity contribution is 7.46. The van der Waals surface area contributed by atoms with E-state index < -0.39 is 45.0 Å². The summed E-state index contributed by atoms with van der Waals surface area (Å²) in [5.74, 6) is -0.0473. The Morgan fingerprint density at radius 1 is 1.36 bits per heavy atom. The fourth-order valence-corrected chi connectivity index (χ4v) is 2.07. The predicted octanol–water partition coefficient (Wildman–Crippen LogP) is -2.51. The molecule has 124 valence electrons. The number of nitrogen functional groups attached to an aromatic ring is 1. The smallest absolute Gasteiger partial charge is 0.383 e. The van der Waals surface area contributed by atoms with Crippen LogP contribution in [-0.2, 0) is 18.6 Å². The number of nitrogens with two attached hydrogens (primary N) is 1. The fraction of sp³-hybridized carbons (Fsp3) is 0.556. The van der Waals surface area contributed by atoms with Crippen molar-refractivity contribution in [3.8, 4) is 0 Å². The summed E-state index contributed by atoms with van der Waals surface area (Å²) >= 11 is 0. The maximum absolute atomic E-state index is 11.7. The fourth-order valence-electron chi connectivity index (χ4n) is 1.73. The molecule has 1 aromatic rings. The molecule has 1 aliphatic rings. The van der Waals surface area contributed by atoms with Crippen LogP contribution in [0.5, 0.6) is 0 Å². The van der Waals surface area contributed by atoms with Gasteiger partial charge in [-0.25, -0.2) is 9.36 Å². The Labute approximate surface area is 122 Å². The second-order valence-corrected chi connectivity index (χ2v) is 5.55. The molecule has 2 heterocycles. The molecule has 0 bridgehead atoms. The lowest BCUT2D eigenvalue weighted by Gasteiger charge is -2.37. The van der Waals surface area contributed by atoms with Gasteiger partial charge in [0.2, 0.25) is 6.29 Å². The van der Waals surface area contributed by atoms with E-state index in [1.165, 1.54) is 12.3 Å². The summed E-state index contributed by atoms with van der Waals surface area (Å²) in [5, 5.41) is 19.3. The molecular formula is C9H14N3O9P. The zero-order valence-electron chi connectivity index (χ0n) is 10.9. The molecule has 0 amide bonds. The van der Waals surface area contributed by atoms with Crippen LogP contribution < -0.4 is 11.4 Å². The van der Waals surface area contributed by atoms with Crippen molar-refractivity contribution in [2.45, 2.75) is 24.9 Å². The number of nitrogens with zero attached hydrogens (tertiary/aromatic N) is 2. The van der Waals surface area contributed by atoms with Gasteiger partial charge in [0.05, 0.1) is 6.61 Å². The molecule has 6 N–H and O–H groups in total. The molecule has 1 aliphatic heterocycles. The number of hydrogen-bond acceptors (Lipinski definition) is 9. The SMILES string of the molecule is Nc1ccn(C2OC(COP(=O)(O)O)C(O)OC2O)c(=O)n1. The van der Waals surface area contributed by atoms with Crippen LogP contribution >= 0.6 is 7.82 Å². The van der Waals surface area contributed by atoms with Crippen molar-refractivity contribution in [1.29, 1.82) is 0 Å². The Kier molecular flexibility index (Phi) is 4.94. The summed E-state index contributed by atoms with van der Waals surface area (Å²) < 4.78 is 25.7. The topological polar surface area (TPSA) is 187 Å². The Hall–Kier alpha value is -1.37. The van der Waals surface area contributed by atoms with Crippen LogP contribution in [0.2, 0.25) is 0 Å². The number of aliphatic hydroxyl groups excluding tert-OH is 2. The second kappa shape index (κ2) is 6.40. The number of phosphoric ester groups is 1. The Bertz CT molecular complexity index is 631. The Morgan fingerprint density at radius 3 is 2.64 bits per heavy atom. The van der Waals surface area contributed by atoms with Crippen molar-refractivity contribution in [2.75, 3.05) is 12.3 Å². The maximum atomic E-state index is 11.7. The monoisotopic (exact) mass is 339 g/mol. The molecule has 4 unspecified atom stereocenters. The van der Waals surface area contributed by atoms with Crippen molar-refractivity contribution in [3.63, 3.8) is 0 Å². The van der Waals surface area contributed by atoms with E-state index in [1.54, 1.807) is 0 Å². The Morgan fingerprint density at radius 2 is 2.05 bits per heavy atom.